The van der Waals surface area contributed by atoms with Gasteiger partial charge in [-0.3, -0.25) is 4.79 Å². The van der Waals surface area contributed by atoms with Crippen LogP contribution in [0.5, 0.6) is 0 Å². The van der Waals surface area contributed by atoms with Crippen molar-refractivity contribution in [3.8, 4) is 16.8 Å². The molecule has 0 radical (unpaired) electrons. The number of carbonyl (C=O) groups excluding carboxylic acids is 1. The number of alkyl halides is 6. The van der Waals surface area contributed by atoms with Crippen LogP contribution in [0.3, 0.4) is 0 Å². The Morgan fingerprint density at radius 3 is 1.70 bits per heavy atom. The van der Waals surface area contributed by atoms with Crippen LogP contribution in [0, 0.1) is 0 Å². The van der Waals surface area contributed by atoms with E-state index in [1.165, 1.54) is 16.7 Å². The van der Waals surface area contributed by atoms with E-state index in [1.54, 1.807) is 23.1 Å². The third-order valence-electron chi connectivity index (χ3n) is 7.89. The Labute approximate surface area is 241 Å². The molecule has 214 valence electrons. The van der Waals surface area contributed by atoms with Crippen LogP contribution in [0.1, 0.15) is 27.0 Å². The van der Waals surface area contributed by atoms with E-state index in [0.717, 1.165) is 35.4 Å². The number of hydrogen-bond acceptors (Lipinski definition) is 1. The molecule has 5 aromatic carbocycles. The molecule has 3 nitrogen and oxygen atoms in total. The molecule has 0 aliphatic carbocycles. The Hall–Kier alpha value is -5.05. The number of hydrogen-bond donors (Lipinski definition) is 0. The van der Waals surface area contributed by atoms with Gasteiger partial charge in [-0.2, -0.15) is 26.3 Å². The topological polar surface area (TPSA) is 25.2 Å². The van der Waals surface area contributed by atoms with Gasteiger partial charge in [-0.25, -0.2) is 0 Å². The van der Waals surface area contributed by atoms with E-state index >= 15 is 0 Å². The van der Waals surface area contributed by atoms with Gasteiger partial charge in [0, 0.05) is 27.6 Å². The molecule has 1 amide bonds. The van der Waals surface area contributed by atoms with Crippen molar-refractivity contribution in [2.75, 3.05) is 4.90 Å². The van der Waals surface area contributed by atoms with Crippen molar-refractivity contribution in [2.45, 2.75) is 18.9 Å². The summed E-state index contributed by atoms with van der Waals surface area (Å²) in [5, 5.41) is 0.735. The van der Waals surface area contributed by atoms with E-state index in [1.807, 2.05) is 54.6 Å². The molecule has 9 heteroatoms. The van der Waals surface area contributed by atoms with Gasteiger partial charge in [0.05, 0.1) is 34.4 Å². The quantitative estimate of drug-likeness (QED) is 0.190. The van der Waals surface area contributed by atoms with Gasteiger partial charge in [0.1, 0.15) is 0 Å². The van der Waals surface area contributed by atoms with Gasteiger partial charge in [0.15, 0.2) is 0 Å². The maximum atomic E-state index is 13.8. The number of anilines is 1. The van der Waals surface area contributed by atoms with Crippen molar-refractivity contribution < 1.29 is 31.1 Å². The summed E-state index contributed by atoms with van der Waals surface area (Å²) in [6, 6.07) is 28.2. The van der Waals surface area contributed by atoms with Gasteiger partial charge in [0.2, 0.25) is 0 Å². The summed E-state index contributed by atoms with van der Waals surface area (Å²) in [7, 11) is 0. The number of fused-ring (bicyclic) bond motifs is 4. The van der Waals surface area contributed by atoms with Gasteiger partial charge in [-0.15, -0.1) is 0 Å². The Balaban J connectivity index is 1.39. The van der Waals surface area contributed by atoms with Crippen LogP contribution >= 0.6 is 0 Å². The summed E-state index contributed by atoms with van der Waals surface area (Å²) in [6.07, 6.45) is -9.33. The molecule has 1 aliphatic heterocycles. The summed E-state index contributed by atoms with van der Waals surface area (Å²) in [5.74, 6) is -0.308. The number of rotatable bonds is 3. The average molecular weight is 587 g/mol. The standard InChI is InChI=1S/C34H20F6N2O/c35-33(36,37)22-11-15-25-26-16-12-23(34(38,39)40)18-31(26)42(30(25)17-22)29-8-4-7-27-28(29)19-41(32(27)43)24-13-9-21(10-14-24)20-5-2-1-3-6-20/h1-18H,19H2. The first-order chi connectivity index (χ1) is 20.5. The number of benzene rings is 5. The highest BCUT2D eigenvalue weighted by Crippen LogP contribution is 2.42. The van der Waals surface area contributed by atoms with Crippen molar-refractivity contribution in [1.82, 2.24) is 4.57 Å². The predicted molar refractivity (Wildman–Crippen MR) is 153 cm³/mol. The molecular weight excluding hydrogens is 566 g/mol. The molecule has 0 saturated heterocycles. The highest BCUT2D eigenvalue weighted by atomic mass is 19.4. The Kier molecular flexibility index (Phi) is 5.92. The zero-order valence-electron chi connectivity index (χ0n) is 22.2. The summed E-state index contributed by atoms with van der Waals surface area (Å²) in [5.41, 5.74) is 2.10. The lowest BCUT2D eigenvalue weighted by molar-refractivity contribution is -0.138. The smallest absolute Gasteiger partial charge is 0.309 e. The molecule has 0 fully saturated rings. The van der Waals surface area contributed by atoms with Crippen LogP contribution in [0.15, 0.2) is 109 Å². The van der Waals surface area contributed by atoms with Crippen LogP contribution in [0.2, 0.25) is 0 Å². The molecule has 2 heterocycles. The van der Waals surface area contributed by atoms with E-state index in [2.05, 4.69) is 0 Å². The van der Waals surface area contributed by atoms with E-state index in [4.69, 9.17) is 0 Å². The van der Waals surface area contributed by atoms with Crippen molar-refractivity contribution >= 4 is 33.4 Å². The Bertz CT molecular complexity index is 1970. The minimum absolute atomic E-state index is 0.0914. The Morgan fingerprint density at radius 1 is 0.581 bits per heavy atom. The molecule has 0 atom stereocenters. The molecule has 1 aromatic heterocycles. The second kappa shape index (κ2) is 9.49. The molecule has 0 unspecified atom stereocenters. The van der Waals surface area contributed by atoms with Crippen molar-refractivity contribution in [2.24, 2.45) is 0 Å². The summed E-state index contributed by atoms with van der Waals surface area (Å²) >= 11 is 0. The van der Waals surface area contributed by atoms with Crippen LogP contribution in [-0.2, 0) is 18.9 Å². The third kappa shape index (κ3) is 4.43. The number of amides is 1. The highest BCUT2D eigenvalue weighted by molar-refractivity contribution is 6.13. The number of halogens is 6. The van der Waals surface area contributed by atoms with Gasteiger partial charge in [0.25, 0.3) is 5.91 Å². The first kappa shape index (κ1) is 26.8. The molecule has 43 heavy (non-hydrogen) atoms. The van der Waals surface area contributed by atoms with Crippen molar-refractivity contribution in [1.29, 1.82) is 0 Å². The fourth-order valence-corrected chi connectivity index (χ4v) is 5.83. The van der Waals surface area contributed by atoms with Gasteiger partial charge in [-0.05, 0) is 59.7 Å². The second-order valence-electron chi connectivity index (χ2n) is 10.4. The van der Waals surface area contributed by atoms with E-state index in [-0.39, 0.29) is 23.5 Å². The molecular formula is C34H20F6N2O. The van der Waals surface area contributed by atoms with E-state index < -0.39 is 23.5 Å². The lowest BCUT2D eigenvalue weighted by Gasteiger charge is -2.17. The largest absolute Gasteiger partial charge is 0.416 e. The minimum Gasteiger partial charge on any atom is -0.309 e. The second-order valence-corrected chi connectivity index (χ2v) is 10.4. The SMILES string of the molecule is O=C1c2cccc(-n3c4cc(C(F)(F)F)ccc4c4ccc(C(F)(F)F)cc43)c2CN1c1ccc(-c2ccccc2)cc1. The zero-order valence-corrected chi connectivity index (χ0v) is 22.2. The highest BCUT2D eigenvalue weighted by Gasteiger charge is 2.35. The fourth-order valence-electron chi connectivity index (χ4n) is 5.83. The molecule has 0 bridgehead atoms. The Morgan fingerprint density at radius 2 is 1.14 bits per heavy atom. The van der Waals surface area contributed by atoms with Crippen molar-refractivity contribution in [3.05, 3.63) is 131 Å². The average Bonchev–Trinajstić information content (AvgIpc) is 3.51. The normalized spacial score (nSPS) is 13.7. The number of carbonyl (C=O) groups is 1. The first-order valence-corrected chi connectivity index (χ1v) is 13.3. The lowest BCUT2D eigenvalue weighted by atomic mass is 10.1. The summed E-state index contributed by atoms with van der Waals surface area (Å²) in [4.78, 5) is 15.1. The molecule has 0 spiro atoms. The third-order valence-corrected chi connectivity index (χ3v) is 7.89. The number of nitrogens with zero attached hydrogens (tertiary/aromatic N) is 2. The van der Waals surface area contributed by atoms with Crippen molar-refractivity contribution in [3.63, 3.8) is 0 Å². The van der Waals surface area contributed by atoms with Gasteiger partial charge in [-0.1, -0.05) is 60.7 Å². The monoisotopic (exact) mass is 586 g/mol. The predicted octanol–water partition coefficient (Wildman–Crippen LogP) is 9.65. The molecule has 6 aromatic rings. The van der Waals surface area contributed by atoms with E-state index in [9.17, 15) is 31.1 Å². The lowest BCUT2D eigenvalue weighted by Crippen LogP contribution is -2.22. The minimum atomic E-state index is -4.66. The molecule has 7 rings (SSSR count). The van der Waals surface area contributed by atoms with Gasteiger partial charge < -0.3 is 9.47 Å². The van der Waals surface area contributed by atoms with Crippen LogP contribution < -0.4 is 4.90 Å². The number of aromatic nitrogens is 1. The van der Waals surface area contributed by atoms with Crippen LogP contribution in [-0.4, -0.2) is 10.5 Å². The van der Waals surface area contributed by atoms with Crippen LogP contribution in [0.25, 0.3) is 38.6 Å². The molecule has 1 aliphatic rings. The maximum absolute atomic E-state index is 13.8. The molecule has 0 saturated carbocycles. The zero-order chi connectivity index (χ0) is 30.1. The maximum Gasteiger partial charge on any atom is 0.416 e. The summed E-state index contributed by atoms with van der Waals surface area (Å²) in [6.45, 7) is 0.0914. The van der Waals surface area contributed by atoms with E-state index in [0.29, 0.717) is 33.3 Å². The van der Waals surface area contributed by atoms with Gasteiger partial charge >= 0.3 is 12.4 Å². The fraction of sp³-hybridized carbons (Fsp3) is 0.0882. The summed E-state index contributed by atoms with van der Waals surface area (Å²) < 4.78 is 84.0. The van der Waals surface area contributed by atoms with Crippen LogP contribution in [0.4, 0.5) is 32.0 Å². The first-order valence-electron chi connectivity index (χ1n) is 13.3. The molecule has 0 N–H and O–H groups in total.